The first-order valence-corrected chi connectivity index (χ1v) is 14.3. The van der Waals surface area contributed by atoms with Gasteiger partial charge in [0.15, 0.2) is 0 Å². The summed E-state index contributed by atoms with van der Waals surface area (Å²) in [5, 5.41) is 32.6. The van der Waals surface area contributed by atoms with E-state index in [1.54, 1.807) is 0 Å². The minimum absolute atomic E-state index is 0.222. The Kier molecular flexibility index (Phi) is 9.56. The fourth-order valence-corrected chi connectivity index (χ4v) is 5.98. The summed E-state index contributed by atoms with van der Waals surface area (Å²) < 4.78 is 7.28. The number of aliphatic hydroxyl groups excluding tert-OH is 3. The van der Waals surface area contributed by atoms with Crippen molar-refractivity contribution in [2.24, 2.45) is 5.41 Å². The van der Waals surface area contributed by atoms with E-state index in [1.807, 2.05) is 0 Å². The summed E-state index contributed by atoms with van der Waals surface area (Å²) in [7, 11) is 0. The highest BCUT2D eigenvalue weighted by molar-refractivity contribution is 5.54. The average Bonchev–Trinajstić information content (AvgIpc) is 2.76. The molecule has 2 aromatic rings. The molecule has 0 radical (unpaired) electrons. The van der Waals surface area contributed by atoms with Crippen molar-refractivity contribution in [3.63, 3.8) is 0 Å². The second-order valence-corrected chi connectivity index (χ2v) is 15.7. The molecule has 39 heavy (non-hydrogen) atoms. The summed E-state index contributed by atoms with van der Waals surface area (Å²) in [4.78, 5) is 0. The molecule has 0 fully saturated rings. The van der Waals surface area contributed by atoms with Gasteiger partial charge in [-0.15, -0.1) is 0 Å². The number of hydrogen-bond donors (Lipinski definition) is 3. The molecule has 0 aliphatic rings. The van der Waals surface area contributed by atoms with Crippen molar-refractivity contribution in [2.45, 2.75) is 125 Å². The molecule has 0 aliphatic heterocycles. The molecule has 1 unspecified atom stereocenters. The Labute approximate surface area is 238 Å². The van der Waals surface area contributed by atoms with E-state index in [9.17, 15) is 15.3 Å². The molecule has 0 saturated carbocycles. The van der Waals surface area contributed by atoms with Crippen molar-refractivity contribution in [3.8, 4) is 5.75 Å². The van der Waals surface area contributed by atoms with Gasteiger partial charge in [0.05, 0.1) is 25.2 Å². The van der Waals surface area contributed by atoms with E-state index in [0.29, 0.717) is 0 Å². The summed E-state index contributed by atoms with van der Waals surface area (Å²) in [6, 6.07) is 8.61. The quantitative estimate of drug-likeness (QED) is 0.339. The second kappa shape index (κ2) is 11.2. The van der Waals surface area contributed by atoms with Crippen LogP contribution in [0.1, 0.15) is 128 Å². The van der Waals surface area contributed by atoms with Gasteiger partial charge in [0.1, 0.15) is 11.9 Å². The number of aliphatic hydroxyl groups is 3. The predicted molar refractivity (Wildman–Crippen MR) is 164 cm³/mol. The molecule has 4 heteroatoms. The molecule has 0 spiro atoms. The SMILES string of the molecule is Cc1ccc(C(C)(C)C)c(OC(c2c(C(C)(C)C)ccc(C)c2C(C)(C)C)C(CO)(CO)CO)c1C(C)(C)C. The topological polar surface area (TPSA) is 69.9 Å². The Morgan fingerprint density at radius 3 is 1.31 bits per heavy atom. The number of ether oxygens (including phenoxy) is 1. The predicted octanol–water partition coefficient (Wildman–Crippen LogP) is 7.58. The smallest absolute Gasteiger partial charge is 0.137 e. The molecule has 0 saturated heterocycles. The van der Waals surface area contributed by atoms with Crippen LogP contribution in [0.3, 0.4) is 0 Å². The molecular formula is C35H56O4. The van der Waals surface area contributed by atoms with Gasteiger partial charge in [0, 0.05) is 11.1 Å². The summed E-state index contributed by atoms with van der Waals surface area (Å²) in [6.45, 7) is 29.2. The molecule has 220 valence electrons. The first kappa shape index (κ1) is 33.3. The van der Waals surface area contributed by atoms with Crippen LogP contribution < -0.4 is 4.74 Å². The zero-order valence-corrected chi connectivity index (χ0v) is 27.3. The number of rotatable bonds is 7. The maximum atomic E-state index is 10.9. The number of hydrogen-bond acceptors (Lipinski definition) is 4. The van der Waals surface area contributed by atoms with Gasteiger partial charge >= 0.3 is 0 Å². The van der Waals surface area contributed by atoms with E-state index in [0.717, 1.165) is 44.7 Å². The van der Waals surface area contributed by atoms with Gasteiger partial charge in [-0.25, -0.2) is 0 Å². The molecule has 0 bridgehead atoms. The lowest BCUT2D eigenvalue weighted by molar-refractivity contribution is -0.0761. The van der Waals surface area contributed by atoms with Crippen LogP contribution in [0.25, 0.3) is 0 Å². The van der Waals surface area contributed by atoms with Crippen molar-refractivity contribution < 1.29 is 20.1 Å². The van der Waals surface area contributed by atoms with Crippen LogP contribution in [0.2, 0.25) is 0 Å². The largest absolute Gasteiger partial charge is 0.484 e. The molecule has 0 heterocycles. The van der Waals surface area contributed by atoms with Crippen LogP contribution in [0, 0.1) is 19.3 Å². The van der Waals surface area contributed by atoms with E-state index >= 15 is 0 Å². The number of aryl methyl sites for hydroxylation is 2. The zero-order chi connectivity index (χ0) is 30.4. The van der Waals surface area contributed by atoms with Crippen molar-refractivity contribution in [3.05, 3.63) is 63.2 Å². The standard InChI is InChI=1S/C35H56O4/c1-22-15-17-24(31(3,4)5)26(27(22)33(9,10)11)30(35(19-36,20-37)21-38)39-29-25(32(6,7)8)18-16-23(2)28(29)34(12,13)14/h15-18,30,36-38H,19-21H2,1-14H3. The molecule has 2 rings (SSSR count). The normalized spacial score (nSPS) is 14.5. The van der Waals surface area contributed by atoms with Gasteiger partial charge in [0.2, 0.25) is 0 Å². The lowest BCUT2D eigenvalue weighted by Crippen LogP contribution is -2.45. The number of benzene rings is 2. The van der Waals surface area contributed by atoms with Gasteiger partial charge in [-0.1, -0.05) is 107 Å². The molecule has 4 nitrogen and oxygen atoms in total. The minimum Gasteiger partial charge on any atom is -0.484 e. The van der Waals surface area contributed by atoms with Crippen LogP contribution >= 0.6 is 0 Å². The fraction of sp³-hybridized carbons (Fsp3) is 0.657. The van der Waals surface area contributed by atoms with Gasteiger partial charge < -0.3 is 20.1 Å². The lowest BCUT2D eigenvalue weighted by atomic mass is 9.68. The maximum Gasteiger partial charge on any atom is 0.137 e. The Morgan fingerprint density at radius 1 is 0.564 bits per heavy atom. The highest BCUT2D eigenvalue weighted by Gasteiger charge is 2.46. The van der Waals surface area contributed by atoms with E-state index < -0.39 is 31.3 Å². The lowest BCUT2D eigenvalue weighted by Gasteiger charge is -2.44. The van der Waals surface area contributed by atoms with E-state index in [2.05, 4.69) is 121 Å². The van der Waals surface area contributed by atoms with Crippen molar-refractivity contribution >= 4 is 0 Å². The Morgan fingerprint density at radius 2 is 0.949 bits per heavy atom. The summed E-state index contributed by atoms with van der Waals surface area (Å²) in [6.07, 6.45) is -0.801. The molecular weight excluding hydrogens is 484 g/mol. The minimum atomic E-state index is -1.32. The summed E-state index contributed by atoms with van der Waals surface area (Å²) >= 11 is 0. The van der Waals surface area contributed by atoms with Crippen LogP contribution in [-0.4, -0.2) is 35.1 Å². The molecule has 3 N–H and O–H groups in total. The van der Waals surface area contributed by atoms with Crippen LogP contribution in [0.4, 0.5) is 0 Å². The van der Waals surface area contributed by atoms with Crippen LogP contribution in [-0.2, 0) is 21.7 Å². The molecule has 2 aromatic carbocycles. The van der Waals surface area contributed by atoms with E-state index in [-0.39, 0.29) is 21.7 Å². The molecule has 0 aromatic heterocycles. The Bertz CT molecular complexity index is 1140. The zero-order valence-electron chi connectivity index (χ0n) is 27.3. The van der Waals surface area contributed by atoms with Gasteiger partial charge in [-0.05, 0) is 63.3 Å². The molecule has 0 amide bonds. The third-order valence-corrected chi connectivity index (χ3v) is 7.93. The molecule has 1 atom stereocenters. The first-order chi connectivity index (χ1) is 17.6. The highest BCUT2D eigenvalue weighted by Crippen LogP contribution is 2.50. The highest BCUT2D eigenvalue weighted by atomic mass is 16.5. The summed E-state index contributed by atoms with van der Waals surface area (Å²) in [5.41, 5.74) is 5.32. The molecule has 0 aliphatic carbocycles. The third kappa shape index (κ3) is 6.72. The average molecular weight is 541 g/mol. The second-order valence-electron chi connectivity index (χ2n) is 15.7. The van der Waals surface area contributed by atoms with Crippen LogP contribution in [0.15, 0.2) is 24.3 Å². The van der Waals surface area contributed by atoms with Gasteiger partial charge in [-0.2, -0.15) is 0 Å². The van der Waals surface area contributed by atoms with Crippen molar-refractivity contribution in [2.75, 3.05) is 19.8 Å². The van der Waals surface area contributed by atoms with Gasteiger partial charge in [0.25, 0.3) is 0 Å². The first-order valence-electron chi connectivity index (χ1n) is 14.3. The third-order valence-electron chi connectivity index (χ3n) is 7.93. The fourth-order valence-electron chi connectivity index (χ4n) is 5.98. The van der Waals surface area contributed by atoms with Gasteiger partial charge in [-0.3, -0.25) is 0 Å². The van der Waals surface area contributed by atoms with E-state index in [1.165, 1.54) is 0 Å². The monoisotopic (exact) mass is 540 g/mol. The summed E-state index contributed by atoms with van der Waals surface area (Å²) in [5.74, 6) is 0.779. The van der Waals surface area contributed by atoms with Crippen molar-refractivity contribution in [1.82, 2.24) is 0 Å². The van der Waals surface area contributed by atoms with Crippen LogP contribution in [0.5, 0.6) is 5.75 Å². The van der Waals surface area contributed by atoms with Crippen molar-refractivity contribution in [1.29, 1.82) is 0 Å². The Hall–Kier alpha value is -1.88. The Balaban J connectivity index is 3.22. The maximum absolute atomic E-state index is 10.9. The van der Waals surface area contributed by atoms with E-state index in [4.69, 9.17) is 4.74 Å².